The van der Waals surface area contributed by atoms with E-state index in [1.165, 1.54) is 11.1 Å². The fourth-order valence-corrected chi connectivity index (χ4v) is 2.85. The Hall–Kier alpha value is -2.39. The van der Waals surface area contributed by atoms with Crippen LogP contribution in [0.4, 0.5) is 19.1 Å². The molecular formula is C17H23F3N4O3. The topological polar surface area (TPSA) is 84.4 Å². The summed E-state index contributed by atoms with van der Waals surface area (Å²) in [6.07, 6.45) is -2.88. The number of nitrogens with zero attached hydrogens (tertiary/aromatic N) is 3. The summed E-state index contributed by atoms with van der Waals surface area (Å²) in [5.74, 6) is -2.62. The molecule has 1 fully saturated rings. The third-order valence-corrected chi connectivity index (χ3v) is 3.89. The second kappa shape index (κ2) is 7.69. The van der Waals surface area contributed by atoms with Gasteiger partial charge in [-0.1, -0.05) is 0 Å². The standard InChI is InChI=1S/C17H23F3N4O3/c1-10-7-8-21-15(22-10)24-9-5-6-11(23-14(26)17(18,19)20)12(24)13(25)27-16(2,3)4/h7-8,11-12H,5-6,9H2,1-4H3,(H,23,26). The summed E-state index contributed by atoms with van der Waals surface area (Å²) < 4.78 is 43.5. The minimum atomic E-state index is -5.04. The third-order valence-electron chi connectivity index (χ3n) is 3.89. The average molecular weight is 388 g/mol. The van der Waals surface area contributed by atoms with Gasteiger partial charge in [0, 0.05) is 18.4 Å². The Bertz CT molecular complexity index is 703. The summed E-state index contributed by atoms with van der Waals surface area (Å²) in [7, 11) is 0. The highest BCUT2D eigenvalue weighted by Gasteiger charge is 2.46. The molecule has 2 heterocycles. The highest BCUT2D eigenvalue weighted by Crippen LogP contribution is 2.26. The first-order valence-electron chi connectivity index (χ1n) is 8.55. The molecule has 1 amide bonds. The molecule has 2 atom stereocenters. The molecule has 0 radical (unpaired) electrons. The number of anilines is 1. The molecule has 7 nitrogen and oxygen atoms in total. The van der Waals surface area contributed by atoms with Crippen LogP contribution in [0.1, 0.15) is 39.3 Å². The number of hydrogen-bond acceptors (Lipinski definition) is 6. The van der Waals surface area contributed by atoms with Crippen LogP contribution < -0.4 is 10.2 Å². The quantitative estimate of drug-likeness (QED) is 0.799. The van der Waals surface area contributed by atoms with E-state index < -0.39 is 35.7 Å². The number of halogens is 3. The van der Waals surface area contributed by atoms with E-state index in [2.05, 4.69) is 9.97 Å². The maximum absolute atomic E-state index is 12.8. The predicted molar refractivity (Wildman–Crippen MR) is 91.0 cm³/mol. The SMILES string of the molecule is Cc1ccnc(N2CCCC(NC(=O)C(F)(F)F)C2C(=O)OC(C)(C)C)n1. The molecule has 0 aliphatic carbocycles. The van der Waals surface area contributed by atoms with Gasteiger partial charge in [0.25, 0.3) is 0 Å². The fourth-order valence-electron chi connectivity index (χ4n) is 2.85. The van der Waals surface area contributed by atoms with Crippen molar-refractivity contribution in [2.45, 2.75) is 64.4 Å². The fraction of sp³-hybridized carbons (Fsp3) is 0.647. The molecule has 0 aromatic carbocycles. The minimum Gasteiger partial charge on any atom is -0.458 e. The van der Waals surface area contributed by atoms with Gasteiger partial charge in [0.15, 0.2) is 0 Å². The van der Waals surface area contributed by atoms with E-state index in [0.717, 1.165) is 0 Å². The number of alkyl halides is 3. The lowest BCUT2D eigenvalue weighted by Gasteiger charge is -2.41. The number of carbonyl (C=O) groups excluding carboxylic acids is 2. The maximum Gasteiger partial charge on any atom is 0.471 e. The zero-order valence-corrected chi connectivity index (χ0v) is 15.6. The molecule has 1 aromatic heterocycles. The third kappa shape index (κ3) is 5.54. The van der Waals surface area contributed by atoms with Gasteiger partial charge in [0.2, 0.25) is 5.95 Å². The smallest absolute Gasteiger partial charge is 0.458 e. The number of esters is 1. The van der Waals surface area contributed by atoms with Gasteiger partial charge < -0.3 is 15.0 Å². The van der Waals surface area contributed by atoms with Crippen molar-refractivity contribution in [1.82, 2.24) is 15.3 Å². The summed E-state index contributed by atoms with van der Waals surface area (Å²) >= 11 is 0. The molecule has 1 aliphatic rings. The Morgan fingerprint density at radius 2 is 1.96 bits per heavy atom. The van der Waals surface area contributed by atoms with Crippen molar-refractivity contribution in [3.05, 3.63) is 18.0 Å². The van der Waals surface area contributed by atoms with Gasteiger partial charge in [-0.25, -0.2) is 14.8 Å². The normalized spacial score (nSPS) is 20.9. The summed E-state index contributed by atoms with van der Waals surface area (Å²) in [5.41, 5.74) is -0.198. The van der Waals surface area contributed by atoms with Gasteiger partial charge >= 0.3 is 18.1 Å². The van der Waals surface area contributed by atoms with Crippen LogP contribution in [0.2, 0.25) is 0 Å². The number of carbonyl (C=O) groups is 2. The number of ether oxygens (including phenoxy) is 1. The number of piperidine rings is 1. The first-order valence-corrected chi connectivity index (χ1v) is 8.55. The molecule has 0 spiro atoms. The van der Waals surface area contributed by atoms with Crippen molar-refractivity contribution in [1.29, 1.82) is 0 Å². The molecule has 10 heteroatoms. The van der Waals surface area contributed by atoms with Crippen LogP contribution in [-0.2, 0) is 14.3 Å². The number of amides is 1. The number of rotatable bonds is 3. The van der Waals surface area contributed by atoms with E-state index in [1.807, 2.05) is 5.32 Å². The van der Waals surface area contributed by atoms with Crippen LogP contribution in [0.5, 0.6) is 0 Å². The zero-order valence-electron chi connectivity index (χ0n) is 15.6. The molecule has 2 rings (SSSR count). The number of aryl methyl sites for hydroxylation is 1. The van der Waals surface area contributed by atoms with E-state index in [9.17, 15) is 22.8 Å². The van der Waals surface area contributed by atoms with Crippen molar-refractivity contribution in [3.63, 3.8) is 0 Å². The minimum absolute atomic E-state index is 0.202. The molecule has 1 saturated heterocycles. The highest BCUT2D eigenvalue weighted by molar-refractivity contribution is 5.85. The molecule has 1 aliphatic heterocycles. The first-order chi connectivity index (χ1) is 12.4. The largest absolute Gasteiger partial charge is 0.471 e. The highest BCUT2D eigenvalue weighted by atomic mass is 19.4. The van der Waals surface area contributed by atoms with E-state index >= 15 is 0 Å². The predicted octanol–water partition coefficient (Wildman–Crippen LogP) is 2.14. The lowest BCUT2D eigenvalue weighted by molar-refractivity contribution is -0.175. The monoisotopic (exact) mass is 388 g/mol. The Balaban J connectivity index is 2.36. The molecule has 1 N–H and O–H groups in total. The van der Waals surface area contributed by atoms with Gasteiger partial charge in [-0.15, -0.1) is 0 Å². The van der Waals surface area contributed by atoms with E-state index in [4.69, 9.17) is 4.74 Å². The first kappa shape index (κ1) is 20.9. The summed E-state index contributed by atoms with van der Waals surface area (Å²) in [4.78, 5) is 34.1. The molecule has 0 saturated carbocycles. The van der Waals surface area contributed by atoms with Crippen molar-refractivity contribution >= 4 is 17.8 Å². The van der Waals surface area contributed by atoms with E-state index in [-0.39, 0.29) is 12.4 Å². The Labute approximate surface area is 155 Å². The molecule has 27 heavy (non-hydrogen) atoms. The number of hydrogen-bond donors (Lipinski definition) is 1. The molecular weight excluding hydrogens is 365 g/mol. The number of nitrogens with one attached hydrogen (secondary N) is 1. The molecule has 0 bridgehead atoms. The summed E-state index contributed by atoms with van der Waals surface area (Å²) in [5, 5.41) is 1.93. The maximum atomic E-state index is 12.8. The Kier molecular flexibility index (Phi) is 5.96. The molecule has 2 unspecified atom stereocenters. The lowest BCUT2D eigenvalue weighted by atomic mass is 9.95. The average Bonchev–Trinajstić information content (AvgIpc) is 2.52. The number of aromatic nitrogens is 2. The van der Waals surface area contributed by atoms with E-state index in [1.54, 1.807) is 33.8 Å². The zero-order chi connectivity index (χ0) is 20.4. The summed E-state index contributed by atoms with van der Waals surface area (Å²) in [6, 6.07) is -0.573. The summed E-state index contributed by atoms with van der Waals surface area (Å²) in [6.45, 7) is 7.06. The van der Waals surface area contributed by atoms with Crippen LogP contribution in [0.25, 0.3) is 0 Å². The second-order valence-corrected chi connectivity index (χ2v) is 7.39. The van der Waals surface area contributed by atoms with Crippen LogP contribution in [0, 0.1) is 6.92 Å². The Morgan fingerprint density at radius 3 is 2.52 bits per heavy atom. The molecule has 1 aromatic rings. The van der Waals surface area contributed by atoms with Gasteiger partial charge in [-0.2, -0.15) is 13.2 Å². The van der Waals surface area contributed by atoms with Crippen LogP contribution in [-0.4, -0.2) is 52.3 Å². The van der Waals surface area contributed by atoms with Crippen LogP contribution in [0.15, 0.2) is 12.3 Å². The van der Waals surface area contributed by atoms with Crippen LogP contribution in [0.3, 0.4) is 0 Å². The molecule has 150 valence electrons. The van der Waals surface area contributed by atoms with Gasteiger partial charge in [0.1, 0.15) is 11.6 Å². The van der Waals surface area contributed by atoms with Crippen molar-refractivity contribution in [2.75, 3.05) is 11.4 Å². The van der Waals surface area contributed by atoms with Gasteiger partial charge in [0.05, 0.1) is 6.04 Å². The van der Waals surface area contributed by atoms with E-state index in [0.29, 0.717) is 18.7 Å². The Morgan fingerprint density at radius 1 is 1.30 bits per heavy atom. The van der Waals surface area contributed by atoms with Crippen molar-refractivity contribution < 1.29 is 27.5 Å². The van der Waals surface area contributed by atoms with Crippen molar-refractivity contribution in [2.24, 2.45) is 0 Å². The van der Waals surface area contributed by atoms with Crippen molar-refractivity contribution in [3.8, 4) is 0 Å². The lowest BCUT2D eigenvalue weighted by Crippen LogP contribution is -2.61. The second-order valence-electron chi connectivity index (χ2n) is 7.39. The van der Waals surface area contributed by atoms with Gasteiger partial charge in [-0.3, -0.25) is 4.79 Å². The van der Waals surface area contributed by atoms with Crippen LogP contribution >= 0.6 is 0 Å². The van der Waals surface area contributed by atoms with Gasteiger partial charge in [-0.05, 0) is 46.6 Å².